The molecule has 0 aliphatic rings. The summed E-state index contributed by atoms with van der Waals surface area (Å²) in [4.78, 5) is 0. The average molecular weight is 390 g/mol. The topological polar surface area (TPSA) is 30.5 Å². The van der Waals surface area contributed by atoms with Crippen molar-refractivity contribution in [3.63, 3.8) is 0 Å². The van der Waals surface area contributed by atoms with Crippen molar-refractivity contribution in [1.29, 1.82) is 0 Å². The normalized spacial score (nSPS) is 12.9. The zero-order valence-corrected chi connectivity index (χ0v) is 19.5. The fourth-order valence-electron chi connectivity index (χ4n) is 2.87. The van der Waals surface area contributed by atoms with Crippen LogP contribution in [0.15, 0.2) is 54.6 Å². The molecule has 0 saturated carbocycles. The highest BCUT2D eigenvalue weighted by atomic mass is 28.5. The minimum Gasteiger partial charge on any atom is -0.433 e. The molecule has 2 rings (SSSR count). The quantitative estimate of drug-likeness (QED) is 0.642. The van der Waals surface area contributed by atoms with Gasteiger partial charge in [0.15, 0.2) is 16.6 Å². The van der Waals surface area contributed by atoms with Gasteiger partial charge in [0.2, 0.25) is 0 Å². The van der Waals surface area contributed by atoms with Crippen LogP contribution in [0.25, 0.3) is 0 Å². The Morgan fingerprint density at radius 2 is 1.16 bits per heavy atom. The SMILES string of the molecule is C[Si](C)(C)O[Si](C)(O[Si](C)(C)C)c1cccc(Nc2ccccc2)c1. The van der Waals surface area contributed by atoms with Gasteiger partial charge in [-0.25, -0.2) is 0 Å². The van der Waals surface area contributed by atoms with Gasteiger partial charge in [-0.2, -0.15) is 0 Å². The molecule has 0 bridgehead atoms. The van der Waals surface area contributed by atoms with Crippen molar-refractivity contribution in [3.8, 4) is 0 Å². The molecule has 2 aromatic carbocycles. The standard InChI is InChI=1S/C19H31NO2Si3/c1-23(2,3)21-25(7,22-24(4,5)6)19-15-11-14-18(16-19)20-17-12-9-8-10-13-17/h8-16,20H,1-7H3. The summed E-state index contributed by atoms with van der Waals surface area (Å²) in [7, 11) is -5.92. The molecule has 6 heteroatoms. The van der Waals surface area contributed by atoms with Gasteiger partial charge in [0, 0.05) is 11.4 Å². The smallest absolute Gasteiger partial charge is 0.348 e. The molecular weight excluding hydrogens is 358 g/mol. The highest BCUT2D eigenvalue weighted by molar-refractivity contribution is 6.94. The van der Waals surface area contributed by atoms with E-state index in [9.17, 15) is 0 Å². The van der Waals surface area contributed by atoms with E-state index in [0.29, 0.717) is 0 Å². The van der Waals surface area contributed by atoms with E-state index in [2.05, 4.69) is 87.5 Å². The van der Waals surface area contributed by atoms with Crippen molar-refractivity contribution in [2.45, 2.75) is 45.8 Å². The Bertz CT molecular complexity index is 678. The lowest BCUT2D eigenvalue weighted by Gasteiger charge is -2.38. The van der Waals surface area contributed by atoms with E-state index in [4.69, 9.17) is 8.23 Å². The number of benzene rings is 2. The number of rotatable bonds is 7. The highest BCUT2D eigenvalue weighted by Crippen LogP contribution is 2.23. The third kappa shape index (κ3) is 6.56. The summed E-state index contributed by atoms with van der Waals surface area (Å²) in [5, 5.41) is 4.67. The summed E-state index contributed by atoms with van der Waals surface area (Å²) in [5.41, 5.74) is 2.15. The first-order valence-electron chi connectivity index (χ1n) is 8.80. The summed E-state index contributed by atoms with van der Waals surface area (Å²) in [6, 6.07) is 18.8. The van der Waals surface area contributed by atoms with Crippen LogP contribution in [-0.4, -0.2) is 25.2 Å². The van der Waals surface area contributed by atoms with E-state index in [1.807, 2.05) is 18.2 Å². The van der Waals surface area contributed by atoms with Crippen molar-refractivity contribution < 1.29 is 8.23 Å². The molecule has 1 N–H and O–H groups in total. The largest absolute Gasteiger partial charge is 0.433 e. The van der Waals surface area contributed by atoms with Crippen molar-refractivity contribution in [2.24, 2.45) is 0 Å². The average Bonchev–Trinajstić information content (AvgIpc) is 2.44. The molecule has 0 fully saturated rings. The van der Waals surface area contributed by atoms with Crippen LogP contribution in [0.1, 0.15) is 0 Å². The van der Waals surface area contributed by atoms with E-state index in [0.717, 1.165) is 11.4 Å². The minimum absolute atomic E-state index is 1.07. The maximum atomic E-state index is 6.66. The zero-order chi connectivity index (χ0) is 18.7. The Morgan fingerprint density at radius 1 is 0.640 bits per heavy atom. The molecule has 0 aliphatic carbocycles. The van der Waals surface area contributed by atoms with Gasteiger partial charge >= 0.3 is 8.56 Å². The van der Waals surface area contributed by atoms with E-state index in [-0.39, 0.29) is 0 Å². The first-order valence-corrected chi connectivity index (χ1v) is 17.9. The van der Waals surface area contributed by atoms with Crippen molar-refractivity contribution in [1.82, 2.24) is 0 Å². The molecule has 3 nitrogen and oxygen atoms in total. The molecule has 0 saturated heterocycles. The zero-order valence-electron chi connectivity index (χ0n) is 16.5. The third-order valence-corrected chi connectivity index (χ3v) is 12.8. The van der Waals surface area contributed by atoms with Crippen LogP contribution >= 0.6 is 0 Å². The van der Waals surface area contributed by atoms with Gasteiger partial charge in [-0.15, -0.1) is 0 Å². The molecule has 25 heavy (non-hydrogen) atoms. The maximum Gasteiger partial charge on any atom is 0.348 e. The number of anilines is 2. The molecule has 0 radical (unpaired) electrons. The van der Waals surface area contributed by atoms with Crippen LogP contribution in [0, 0.1) is 0 Å². The second kappa shape index (κ2) is 7.59. The molecular formula is C19H31NO2Si3. The Morgan fingerprint density at radius 3 is 1.68 bits per heavy atom. The second-order valence-corrected chi connectivity index (χ2v) is 21.0. The van der Waals surface area contributed by atoms with Crippen molar-refractivity contribution >= 4 is 41.8 Å². The molecule has 0 heterocycles. The second-order valence-electron chi connectivity index (χ2n) is 8.45. The number of para-hydroxylation sites is 1. The summed E-state index contributed by atoms with van der Waals surface area (Å²) in [5.74, 6) is 0. The van der Waals surface area contributed by atoms with Crippen molar-refractivity contribution in [3.05, 3.63) is 54.6 Å². The number of hydrogen-bond acceptors (Lipinski definition) is 3. The molecule has 0 atom stereocenters. The Kier molecular flexibility index (Phi) is 6.11. The van der Waals surface area contributed by atoms with Crippen LogP contribution < -0.4 is 10.5 Å². The maximum absolute atomic E-state index is 6.66. The molecule has 0 spiro atoms. The Hall–Kier alpha value is -1.19. The molecule has 0 aliphatic heterocycles. The minimum atomic E-state index is -2.46. The van der Waals surface area contributed by atoms with Gasteiger partial charge in [0.05, 0.1) is 0 Å². The van der Waals surface area contributed by atoms with Crippen LogP contribution in [-0.2, 0) is 8.23 Å². The fraction of sp³-hybridized carbons (Fsp3) is 0.368. The molecule has 136 valence electrons. The highest BCUT2D eigenvalue weighted by Gasteiger charge is 2.42. The first-order chi connectivity index (χ1) is 11.5. The molecule has 2 aromatic rings. The van der Waals surface area contributed by atoms with E-state index in [1.54, 1.807) is 0 Å². The summed E-state index contributed by atoms with van der Waals surface area (Å²) in [6.45, 7) is 15.6. The van der Waals surface area contributed by atoms with Crippen LogP contribution in [0.2, 0.25) is 45.8 Å². The lowest BCUT2D eigenvalue weighted by Crippen LogP contribution is -2.60. The summed E-state index contributed by atoms with van der Waals surface area (Å²) < 4.78 is 13.3. The Balaban J connectivity index is 2.35. The third-order valence-electron chi connectivity index (χ3n) is 3.45. The fourth-order valence-corrected chi connectivity index (χ4v) is 14.5. The first kappa shape index (κ1) is 20.1. The van der Waals surface area contributed by atoms with Crippen LogP contribution in [0.4, 0.5) is 11.4 Å². The number of nitrogens with one attached hydrogen (secondary N) is 1. The van der Waals surface area contributed by atoms with Gasteiger partial charge in [-0.05, 0) is 75.3 Å². The van der Waals surface area contributed by atoms with Gasteiger partial charge in [-0.1, -0.05) is 30.3 Å². The molecule has 0 amide bonds. The lowest BCUT2D eigenvalue weighted by atomic mass is 10.3. The lowest BCUT2D eigenvalue weighted by molar-refractivity contribution is 0.404. The monoisotopic (exact) mass is 389 g/mol. The van der Waals surface area contributed by atoms with Crippen LogP contribution in [0.3, 0.4) is 0 Å². The van der Waals surface area contributed by atoms with Gasteiger partial charge < -0.3 is 13.5 Å². The Labute approximate surface area is 155 Å². The molecule has 0 aromatic heterocycles. The van der Waals surface area contributed by atoms with E-state index >= 15 is 0 Å². The molecule has 0 unspecified atom stereocenters. The predicted molar refractivity (Wildman–Crippen MR) is 116 cm³/mol. The van der Waals surface area contributed by atoms with Gasteiger partial charge in [0.1, 0.15) is 0 Å². The van der Waals surface area contributed by atoms with E-state index < -0.39 is 25.2 Å². The van der Waals surface area contributed by atoms with Crippen molar-refractivity contribution in [2.75, 3.05) is 5.32 Å². The van der Waals surface area contributed by atoms with Gasteiger partial charge in [0.25, 0.3) is 0 Å². The predicted octanol–water partition coefficient (Wildman–Crippen LogP) is 5.41. The van der Waals surface area contributed by atoms with Crippen LogP contribution in [0.5, 0.6) is 0 Å². The number of hydrogen-bond donors (Lipinski definition) is 1. The van der Waals surface area contributed by atoms with Gasteiger partial charge in [-0.3, -0.25) is 0 Å². The van der Waals surface area contributed by atoms with E-state index in [1.165, 1.54) is 5.19 Å². The summed E-state index contributed by atoms with van der Waals surface area (Å²) >= 11 is 0. The summed E-state index contributed by atoms with van der Waals surface area (Å²) in [6.07, 6.45) is 0.